The molecular weight excluding hydrogens is 224 g/mol. The highest BCUT2D eigenvalue weighted by molar-refractivity contribution is 5.57. The van der Waals surface area contributed by atoms with Gasteiger partial charge in [0.25, 0.3) is 0 Å². The van der Waals surface area contributed by atoms with Crippen LogP contribution in [-0.2, 0) is 0 Å². The fourth-order valence-electron chi connectivity index (χ4n) is 1.53. The zero-order valence-corrected chi connectivity index (χ0v) is 12.7. The van der Waals surface area contributed by atoms with Crippen molar-refractivity contribution >= 4 is 11.6 Å². The van der Waals surface area contributed by atoms with E-state index in [0.717, 1.165) is 29.6 Å². The van der Waals surface area contributed by atoms with E-state index in [1.54, 1.807) is 0 Å². The number of hydrogen-bond donors (Lipinski definition) is 2. The van der Waals surface area contributed by atoms with Gasteiger partial charge in [-0.15, -0.1) is 0 Å². The van der Waals surface area contributed by atoms with Crippen molar-refractivity contribution < 1.29 is 0 Å². The predicted molar refractivity (Wildman–Crippen MR) is 78.2 cm³/mol. The molecule has 0 aromatic carbocycles. The summed E-state index contributed by atoms with van der Waals surface area (Å²) in [5.41, 5.74) is 1.28. The first-order valence-corrected chi connectivity index (χ1v) is 6.61. The van der Waals surface area contributed by atoms with E-state index in [9.17, 15) is 0 Å². The summed E-state index contributed by atoms with van der Waals surface area (Å²) in [6, 6.07) is 0.347. The van der Waals surface area contributed by atoms with Crippen molar-refractivity contribution in [3.05, 3.63) is 11.4 Å². The second kappa shape index (κ2) is 5.55. The second-order valence-electron chi connectivity index (χ2n) is 5.86. The average Bonchev–Trinajstić information content (AvgIpc) is 2.23. The molecule has 4 nitrogen and oxygen atoms in total. The molecule has 0 saturated heterocycles. The summed E-state index contributed by atoms with van der Waals surface area (Å²) in [4.78, 5) is 8.94. The molecule has 0 aliphatic heterocycles. The standard InChI is InChI=1S/C14H26N4/c1-8-15-12-9(2)13(18-11(4)17-12)16-10(3)14(5,6)7/h10H,8H2,1-7H3,(H2,15,16,17,18). The first-order valence-electron chi connectivity index (χ1n) is 6.61. The van der Waals surface area contributed by atoms with Gasteiger partial charge in [-0.2, -0.15) is 0 Å². The minimum absolute atomic E-state index is 0.198. The Hall–Kier alpha value is -1.32. The van der Waals surface area contributed by atoms with E-state index >= 15 is 0 Å². The molecule has 0 saturated carbocycles. The maximum Gasteiger partial charge on any atom is 0.134 e. The fourth-order valence-corrected chi connectivity index (χ4v) is 1.53. The summed E-state index contributed by atoms with van der Waals surface area (Å²) < 4.78 is 0. The van der Waals surface area contributed by atoms with Crippen LogP contribution in [0.2, 0.25) is 0 Å². The number of aryl methyl sites for hydroxylation is 1. The van der Waals surface area contributed by atoms with E-state index in [2.05, 4.69) is 62.1 Å². The van der Waals surface area contributed by atoms with Crippen LogP contribution in [0.1, 0.15) is 46.0 Å². The molecule has 18 heavy (non-hydrogen) atoms. The van der Waals surface area contributed by atoms with Crippen molar-refractivity contribution in [2.45, 2.75) is 54.5 Å². The molecule has 0 radical (unpaired) electrons. The summed E-state index contributed by atoms with van der Waals surface area (Å²) in [7, 11) is 0. The molecule has 0 amide bonds. The molecule has 2 N–H and O–H groups in total. The largest absolute Gasteiger partial charge is 0.370 e. The summed E-state index contributed by atoms with van der Waals surface area (Å²) in [5.74, 6) is 2.65. The zero-order valence-electron chi connectivity index (χ0n) is 12.7. The van der Waals surface area contributed by atoms with Crippen LogP contribution in [0.3, 0.4) is 0 Å². The monoisotopic (exact) mass is 250 g/mol. The molecule has 1 aromatic rings. The third-order valence-corrected chi connectivity index (χ3v) is 3.25. The van der Waals surface area contributed by atoms with Crippen LogP contribution in [-0.4, -0.2) is 22.6 Å². The van der Waals surface area contributed by atoms with Crippen LogP contribution >= 0.6 is 0 Å². The lowest BCUT2D eigenvalue weighted by molar-refractivity contribution is 0.358. The molecule has 0 fully saturated rings. The van der Waals surface area contributed by atoms with E-state index in [1.165, 1.54) is 0 Å². The number of aromatic nitrogens is 2. The third-order valence-electron chi connectivity index (χ3n) is 3.25. The van der Waals surface area contributed by atoms with Gasteiger partial charge in [0, 0.05) is 18.2 Å². The van der Waals surface area contributed by atoms with Gasteiger partial charge in [-0.05, 0) is 33.1 Å². The van der Waals surface area contributed by atoms with E-state index in [4.69, 9.17) is 0 Å². The van der Waals surface area contributed by atoms with Crippen LogP contribution in [0, 0.1) is 19.3 Å². The number of anilines is 2. The molecule has 0 aliphatic rings. The van der Waals surface area contributed by atoms with E-state index in [0.29, 0.717) is 6.04 Å². The van der Waals surface area contributed by atoms with Gasteiger partial charge in [-0.3, -0.25) is 0 Å². The summed E-state index contributed by atoms with van der Waals surface area (Å²) in [5, 5.41) is 6.78. The Balaban J connectivity index is 3.02. The molecule has 1 aromatic heterocycles. The van der Waals surface area contributed by atoms with Gasteiger partial charge >= 0.3 is 0 Å². The van der Waals surface area contributed by atoms with Gasteiger partial charge in [0.05, 0.1) is 0 Å². The highest BCUT2D eigenvalue weighted by Crippen LogP contribution is 2.25. The van der Waals surface area contributed by atoms with Gasteiger partial charge in [0.1, 0.15) is 17.5 Å². The van der Waals surface area contributed by atoms with Gasteiger partial charge in [-0.1, -0.05) is 20.8 Å². The van der Waals surface area contributed by atoms with Crippen molar-refractivity contribution in [2.24, 2.45) is 5.41 Å². The molecule has 4 heteroatoms. The fraction of sp³-hybridized carbons (Fsp3) is 0.714. The SMILES string of the molecule is CCNc1nc(C)nc(NC(C)C(C)(C)C)c1C. The van der Waals surface area contributed by atoms with Crippen LogP contribution in [0.25, 0.3) is 0 Å². The Morgan fingerprint density at radius 2 is 1.67 bits per heavy atom. The molecule has 1 atom stereocenters. The van der Waals surface area contributed by atoms with Crippen molar-refractivity contribution in [3.8, 4) is 0 Å². The Morgan fingerprint density at radius 1 is 1.11 bits per heavy atom. The van der Waals surface area contributed by atoms with Crippen molar-refractivity contribution in [1.29, 1.82) is 0 Å². The highest BCUT2D eigenvalue weighted by Gasteiger charge is 2.21. The highest BCUT2D eigenvalue weighted by atomic mass is 15.1. The maximum atomic E-state index is 4.51. The van der Waals surface area contributed by atoms with Gasteiger partial charge in [-0.25, -0.2) is 9.97 Å². The number of rotatable bonds is 4. The van der Waals surface area contributed by atoms with E-state index in [1.807, 2.05) is 6.92 Å². The van der Waals surface area contributed by atoms with Crippen LogP contribution in [0.4, 0.5) is 11.6 Å². The maximum absolute atomic E-state index is 4.51. The topological polar surface area (TPSA) is 49.8 Å². The quantitative estimate of drug-likeness (QED) is 0.860. The molecule has 0 spiro atoms. The summed E-state index contributed by atoms with van der Waals surface area (Å²) >= 11 is 0. The smallest absolute Gasteiger partial charge is 0.134 e. The van der Waals surface area contributed by atoms with Gasteiger partial charge < -0.3 is 10.6 Å². The minimum Gasteiger partial charge on any atom is -0.370 e. The summed E-state index contributed by atoms with van der Waals surface area (Å²) in [6.07, 6.45) is 0. The predicted octanol–water partition coefficient (Wildman–Crippen LogP) is 3.37. The lowest BCUT2D eigenvalue weighted by Crippen LogP contribution is -2.31. The van der Waals surface area contributed by atoms with Crippen LogP contribution in [0.15, 0.2) is 0 Å². The Kier molecular flexibility index (Phi) is 4.54. The number of nitrogens with one attached hydrogen (secondary N) is 2. The van der Waals surface area contributed by atoms with Crippen molar-refractivity contribution in [2.75, 3.05) is 17.2 Å². The third kappa shape index (κ3) is 3.59. The minimum atomic E-state index is 0.198. The molecule has 0 bridgehead atoms. The van der Waals surface area contributed by atoms with Crippen LogP contribution < -0.4 is 10.6 Å². The Labute approximate surface area is 111 Å². The van der Waals surface area contributed by atoms with E-state index < -0.39 is 0 Å². The summed E-state index contributed by atoms with van der Waals surface area (Å²) in [6.45, 7) is 15.8. The molecule has 1 unspecified atom stereocenters. The van der Waals surface area contributed by atoms with Crippen LogP contribution in [0.5, 0.6) is 0 Å². The lowest BCUT2D eigenvalue weighted by atomic mass is 9.88. The molecule has 102 valence electrons. The molecule has 0 aliphatic carbocycles. The van der Waals surface area contributed by atoms with Crippen molar-refractivity contribution in [1.82, 2.24) is 9.97 Å². The first-order chi connectivity index (χ1) is 8.25. The average molecular weight is 250 g/mol. The van der Waals surface area contributed by atoms with Crippen molar-refractivity contribution in [3.63, 3.8) is 0 Å². The molecule has 1 rings (SSSR count). The van der Waals surface area contributed by atoms with Gasteiger partial charge in [0.2, 0.25) is 0 Å². The second-order valence-corrected chi connectivity index (χ2v) is 5.86. The first kappa shape index (κ1) is 14.7. The lowest BCUT2D eigenvalue weighted by Gasteiger charge is -2.29. The number of hydrogen-bond acceptors (Lipinski definition) is 4. The number of nitrogens with zero attached hydrogens (tertiary/aromatic N) is 2. The van der Waals surface area contributed by atoms with Gasteiger partial charge in [0.15, 0.2) is 0 Å². The molecular formula is C14H26N4. The normalized spacial score (nSPS) is 13.3. The Morgan fingerprint density at radius 3 is 2.17 bits per heavy atom. The van der Waals surface area contributed by atoms with E-state index in [-0.39, 0.29) is 5.41 Å². The zero-order chi connectivity index (χ0) is 13.9. The molecule has 1 heterocycles. The Bertz CT molecular complexity index is 407.